The number of nitro benzene ring substituents is 1. The first-order valence-corrected chi connectivity index (χ1v) is 5.97. The monoisotopic (exact) mass is 295 g/mol. The van der Waals surface area contributed by atoms with E-state index in [0.29, 0.717) is 0 Å². The SMILES string of the molecule is CC(=O)CCC(=O)OCOC(=O)c1ccc([N+](=O)[O-])cc1. The predicted molar refractivity (Wildman–Crippen MR) is 69.4 cm³/mol. The van der Waals surface area contributed by atoms with Gasteiger partial charge in [-0.25, -0.2) is 4.79 Å². The predicted octanol–water partition coefficient (Wildman–Crippen LogP) is 1.62. The van der Waals surface area contributed by atoms with Crippen molar-refractivity contribution < 1.29 is 28.8 Å². The van der Waals surface area contributed by atoms with Gasteiger partial charge in [-0.2, -0.15) is 0 Å². The molecule has 0 saturated carbocycles. The Balaban J connectivity index is 2.38. The fraction of sp³-hybridized carbons (Fsp3) is 0.308. The lowest BCUT2D eigenvalue weighted by molar-refractivity contribution is -0.384. The average molecular weight is 295 g/mol. The van der Waals surface area contributed by atoms with Crippen molar-refractivity contribution in [1.82, 2.24) is 0 Å². The lowest BCUT2D eigenvalue weighted by Crippen LogP contribution is -2.13. The smallest absolute Gasteiger partial charge is 0.341 e. The van der Waals surface area contributed by atoms with Gasteiger partial charge in [-0.15, -0.1) is 0 Å². The second-order valence-corrected chi connectivity index (χ2v) is 4.07. The maximum Gasteiger partial charge on any atom is 0.341 e. The Morgan fingerprint density at radius 2 is 1.71 bits per heavy atom. The van der Waals surface area contributed by atoms with E-state index in [0.717, 1.165) is 12.1 Å². The Morgan fingerprint density at radius 1 is 1.10 bits per heavy atom. The number of ether oxygens (including phenoxy) is 2. The van der Waals surface area contributed by atoms with E-state index in [1.807, 2.05) is 0 Å². The van der Waals surface area contributed by atoms with Gasteiger partial charge in [-0.1, -0.05) is 0 Å². The van der Waals surface area contributed by atoms with E-state index in [4.69, 9.17) is 0 Å². The summed E-state index contributed by atoms with van der Waals surface area (Å²) in [6.07, 6.45) is -0.0143. The first-order chi connectivity index (χ1) is 9.90. The van der Waals surface area contributed by atoms with Crippen molar-refractivity contribution >= 4 is 23.4 Å². The number of esters is 2. The van der Waals surface area contributed by atoms with Crippen LogP contribution in [0.2, 0.25) is 0 Å². The van der Waals surface area contributed by atoms with Gasteiger partial charge >= 0.3 is 11.9 Å². The van der Waals surface area contributed by atoms with E-state index < -0.39 is 23.7 Å². The molecule has 0 radical (unpaired) electrons. The molecule has 0 spiro atoms. The first-order valence-electron chi connectivity index (χ1n) is 5.97. The maximum atomic E-state index is 11.5. The summed E-state index contributed by atoms with van der Waals surface area (Å²) in [7, 11) is 0. The Hall–Kier alpha value is -2.77. The molecule has 0 bridgehead atoms. The normalized spacial score (nSPS) is 9.76. The average Bonchev–Trinajstić information content (AvgIpc) is 2.45. The molecule has 0 aliphatic heterocycles. The second kappa shape index (κ2) is 7.73. The lowest BCUT2D eigenvalue weighted by atomic mass is 10.2. The molecule has 0 aliphatic rings. The highest BCUT2D eigenvalue weighted by Crippen LogP contribution is 2.12. The van der Waals surface area contributed by atoms with Gasteiger partial charge in [0.15, 0.2) is 0 Å². The zero-order valence-electron chi connectivity index (χ0n) is 11.2. The minimum atomic E-state index is -0.774. The maximum absolute atomic E-state index is 11.5. The molecular weight excluding hydrogens is 282 g/mol. The van der Waals surface area contributed by atoms with Gasteiger partial charge in [-0.3, -0.25) is 14.9 Å². The summed E-state index contributed by atoms with van der Waals surface area (Å²) >= 11 is 0. The number of benzene rings is 1. The van der Waals surface area contributed by atoms with E-state index >= 15 is 0 Å². The number of carbonyl (C=O) groups is 3. The van der Waals surface area contributed by atoms with Crippen molar-refractivity contribution in [2.24, 2.45) is 0 Å². The number of rotatable bonds is 7. The Bertz CT molecular complexity index is 550. The summed E-state index contributed by atoms with van der Waals surface area (Å²) in [5, 5.41) is 10.4. The summed E-state index contributed by atoms with van der Waals surface area (Å²) in [6.45, 7) is 0.772. The molecule has 0 amide bonds. The van der Waals surface area contributed by atoms with Crippen LogP contribution in [-0.4, -0.2) is 29.4 Å². The van der Waals surface area contributed by atoms with Crippen LogP contribution in [0.25, 0.3) is 0 Å². The van der Waals surface area contributed by atoms with Gasteiger partial charge in [0.05, 0.1) is 16.9 Å². The van der Waals surface area contributed by atoms with Crippen molar-refractivity contribution in [3.8, 4) is 0 Å². The molecule has 1 aromatic rings. The zero-order chi connectivity index (χ0) is 15.8. The fourth-order valence-corrected chi connectivity index (χ4v) is 1.30. The summed E-state index contributed by atoms with van der Waals surface area (Å²) in [5.41, 5.74) is -0.0532. The molecule has 0 unspecified atom stereocenters. The van der Waals surface area contributed by atoms with Crippen LogP contribution in [0, 0.1) is 10.1 Å². The molecule has 0 atom stereocenters. The molecule has 0 aromatic heterocycles. The lowest BCUT2D eigenvalue weighted by Gasteiger charge is -2.05. The van der Waals surface area contributed by atoms with Crippen LogP contribution in [-0.2, 0) is 19.1 Å². The van der Waals surface area contributed by atoms with Gasteiger partial charge in [0.1, 0.15) is 5.78 Å². The van der Waals surface area contributed by atoms with E-state index in [1.165, 1.54) is 19.1 Å². The number of nitrogens with zero attached hydrogens (tertiary/aromatic N) is 1. The molecular formula is C13H13NO7. The van der Waals surface area contributed by atoms with E-state index in [9.17, 15) is 24.5 Å². The third-order valence-electron chi connectivity index (χ3n) is 2.40. The number of hydrogen-bond acceptors (Lipinski definition) is 7. The van der Waals surface area contributed by atoms with Crippen molar-refractivity contribution in [3.63, 3.8) is 0 Å². The highest BCUT2D eigenvalue weighted by atomic mass is 16.7. The van der Waals surface area contributed by atoms with Gasteiger partial charge in [-0.05, 0) is 19.1 Å². The van der Waals surface area contributed by atoms with Crippen LogP contribution in [0.15, 0.2) is 24.3 Å². The summed E-state index contributed by atoms with van der Waals surface area (Å²) in [4.78, 5) is 43.2. The van der Waals surface area contributed by atoms with E-state index in [-0.39, 0.29) is 29.9 Å². The van der Waals surface area contributed by atoms with Gasteiger partial charge in [0, 0.05) is 18.6 Å². The van der Waals surface area contributed by atoms with Crippen LogP contribution in [0.1, 0.15) is 30.1 Å². The zero-order valence-corrected chi connectivity index (χ0v) is 11.2. The largest absolute Gasteiger partial charge is 0.428 e. The molecule has 21 heavy (non-hydrogen) atoms. The highest BCUT2D eigenvalue weighted by molar-refractivity contribution is 5.89. The molecule has 0 fully saturated rings. The summed E-state index contributed by atoms with van der Waals surface area (Å²) < 4.78 is 9.27. The van der Waals surface area contributed by atoms with E-state index in [1.54, 1.807) is 0 Å². The van der Waals surface area contributed by atoms with Crippen LogP contribution >= 0.6 is 0 Å². The Labute approximate surface area is 119 Å². The molecule has 112 valence electrons. The van der Waals surface area contributed by atoms with E-state index in [2.05, 4.69) is 9.47 Å². The fourth-order valence-electron chi connectivity index (χ4n) is 1.30. The van der Waals surface area contributed by atoms with Crippen LogP contribution in [0.3, 0.4) is 0 Å². The number of hydrogen-bond donors (Lipinski definition) is 0. The van der Waals surface area contributed by atoms with Crippen molar-refractivity contribution in [2.75, 3.05) is 6.79 Å². The molecule has 8 heteroatoms. The molecule has 0 N–H and O–H groups in total. The summed E-state index contributed by atoms with van der Waals surface area (Å²) in [6, 6.07) is 4.79. The van der Waals surface area contributed by atoms with Gasteiger partial charge in [0.2, 0.25) is 6.79 Å². The highest BCUT2D eigenvalue weighted by Gasteiger charge is 2.11. The quantitative estimate of drug-likeness (QED) is 0.325. The van der Waals surface area contributed by atoms with Crippen LogP contribution in [0.4, 0.5) is 5.69 Å². The van der Waals surface area contributed by atoms with Crippen LogP contribution < -0.4 is 0 Å². The first kappa shape index (κ1) is 16.3. The van der Waals surface area contributed by atoms with Gasteiger partial charge < -0.3 is 14.3 Å². The minimum Gasteiger partial charge on any atom is -0.428 e. The minimum absolute atomic E-state index is 0.0646. The Morgan fingerprint density at radius 3 is 2.24 bits per heavy atom. The van der Waals surface area contributed by atoms with Crippen LogP contribution in [0.5, 0.6) is 0 Å². The number of non-ortho nitro benzene ring substituents is 1. The molecule has 0 heterocycles. The topological polar surface area (TPSA) is 113 Å². The molecule has 0 saturated heterocycles. The third-order valence-corrected chi connectivity index (χ3v) is 2.40. The standard InChI is InChI=1S/C13H13NO7/c1-9(15)2-7-12(16)20-8-21-13(17)10-3-5-11(6-4-10)14(18)19/h3-6H,2,7-8H2,1H3. The number of ketones is 1. The third kappa shape index (κ3) is 5.81. The van der Waals surface area contributed by atoms with Gasteiger partial charge in [0.25, 0.3) is 5.69 Å². The Kier molecular flexibility index (Phi) is 5.99. The molecule has 1 rings (SSSR count). The van der Waals surface area contributed by atoms with Crippen molar-refractivity contribution in [3.05, 3.63) is 39.9 Å². The number of carbonyl (C=O) groups excluding carboxylic acids is 3. The summed E-state index contributed by atoms with van der Waals surface area (Å²) in [5.74, 6) is -1.57. The number of Topliss-reactive ketones (excluding diaryl/α,β-unsaturated/α-hetero) is 1. The van der Waals surface area contributed by atoms with Crippen molar-refractivity contribution in [1.29, 1.82) is 0 Å². The molecule has 8 nitrogen and oxygen atoms in total. The number of nitro groups is 1. The molecule has 0 aliphatic carbocycles. The molecule has 1 aromatic carbocycles. The second-order valence-electron chi connectivity index (χ2n) is 4.07. The van der Waals surface area contributed by atoms with Crippen molar-refractivity contribution in [2.45, 2.75) is 19.8 Å².